The first kappa shape index (κ1) is 14.4. The summed E-state index contributed by atoms with van der Waals surface area (Å²) in [5.41, 5.74) is 1.10. The predicted octanol–water partition coefficient (Wildman–Crippen LogP) is 3.21. The van der Waals surface area contributed by atoms with Gasteiger partial charge in [0.1, 0.15) is 6.17 Å². The lowest BCUT2D eigenvalue weighted by molar-refractivity contribution is -0.128. The maximum Gasteiger partial charge on any atom is 0.238 e. The number of carbonyl (C=O) groups excluding carboxylic acids is 1. The quantitative estimate of drug-likeness (QED) is 0.898. The van der Waals surface area contributed by atoms with Crippen LogP contribution in [0.3, 0.4) is 0 Å². The summed E-state index contributed by atoms with van der Waals surface area (Å²) < 4.78 is 0. The summed E-state index contributed by atoms with van der Waals surface area (Å²) in [4.78, 5) is 14.0. The summed E-state index contributed by atoms with van der Waals surface area (Å²) in [6.07, 6.45) is 2.20. The van der Waals surface area contributed by atoms with Gasteiger partial charge in [-0.3, -0.25) is 10.1 Å². The molecular weight excluding hydrogens is 260 g/mol. The average Bonchev–Trinajstić information content (AvgIpc) is 2.78. The van der Waals surface area contributed by atoms with Crippen molar-refractivity contribution < 1.29 is 4.79 Å². The minimum atomic E-state index is -0.00892. The van der Waals surface area contributed by atoms with Gasteiger partial charge in [0.15, 0.2) is 0 Å². The van der Waals surface area contributed by atoms with E-state index >= 15 is 0 Å². The molecule has 0 aliphatic carbocycles. The van der Waals surface area contributed by atoms with E-state index in [1.807, 2.05) is 29.2 Å². The van der Waals surface area contributed by atoms with Crippen LogP contribution in [0.15, 0.2) is 24.3 Å². The highest BCUT2D eigenvalue weighted by molar-refractivity contribution is 6.30. The highest BCUT2D eigenvalue weighted by Crippen LogP contribution is 2.26. The molecule has 0 radical (unpaired) electrons. The second kappa shape index (κ2) is 6.40. The Morgan fingerprint density at radius 1 is 1.32 bits per heavy atom. The zero-order valence-corrected chi connectivity index (χ0v) is 12.3. The van der Waals surface area contributed by atoms with Gasteiger partial charge in [-0.25, -0.2) is 0 Å². The highest BCUT2D eigenvalue weighted by atomic mass is 35.5. The van der Waals surface area contributed by atoms with Crippen LogP contribution in [0, 0.1) is 5.92 Å². The van der Waals surface area contributed by atoms with E-state index in [0.717, 1.165) is 30.0 Å². The summed E-state index contributed by atoms with van der Waals surface area (Å²) in [6, 6.07) is 7.71. The molecule has 1 aromatic carbocycles. The first-order valence-electron chi connectivity index (χ1n) is 6.94. The van der Waals surface area contributed by atoms with E-state index in [0.29, 0.717) is 12.5 Å². The van der Waals surface area contributed by atoms with Crippen molar-refractivity contribution in [3.63, 3.8) is 0 Å². The number of rotatable bonds is 5. The molecule has 1 N–H and O–H groups in total. The summed E-state index contributed by atoms with van der Waals surface area (Å²) >= 11 is 5.91. The number of benzene rings is 1. The molecule has 0 saturated carbocycles. The van der Waals surface area contributed by atoms with Crippen LogP contribution < -0.4 is 5.32 Å². The highest BCUT2D eigenvalue weighted by Gasteiger charge is 2.32. The monoisotopic (exact) mass is 280 g/mol. The molecule has 3 nitrogen and oxygen atoms in total. The summed E-state index contributed by atoms with van der Waals surface area (Å²) in [6.45, 7) is 5.61. The first-order chi connectivity index (χ1) is 9.15. The van der Waals surface area contributed by atoms with E-state index < -0.39 is 0 Å². The third-order valence-corrected chi connectivity index (χ3v) is 4.13. The Morgan fingerprint density at radius 2 is 1.95 bits per heavy atom. The smallest absolute Gasteiger partial charge is 0.238 e. The van der Waals surface area contributed by atoms with E-state index in [2.05, 4.69) is 19.2 Å². The van der Waals surface area contributed by atoms with Crippen molar-refractivity contribution in [2.45, 2.75) is 32.9 Å². The lowest BCUT2D eigenvalue weighted by atomic mass is 10.0. The molecule has 1 heterocycles. The fourth-order valence-corrected chi connectivity index (χ4v) is 2.64. The second-order valence-electron chi connectivity index (χ2n) is 5.06. The molecule has 1 unspecified atom stereocenters. The molecule has 0 spiro atoms. The van der Waals surface area contributed by atoms with Crippen molar-refractivity contribution in [1.82, 2.24) is 10.2 Å². The molecule has 1 aliphatic rings. The molecule has 104 valence electrons. The van der Waals surface area contributed by atoms with Gasteiger partial charge < -0.3 is 4.90 Å². The Labute approximate surface area is 119 Å². The van der Waals surface area contributed by atoms with Crippen molar-refractivity contribution in [3.8, 4) is 0 Å². The van der Waals surface area contributed by atoms with Gasteiger partial charge in [0.05, 0.1) is 6.54 Å². The lowest BCUT2D eigenvalue weighted by Gasteiger charge is -2.28. The van der Waals surface area contributed by atoms with Crippen LogP contribution in [0.2, 0.25) is 5.02 Å². The molecule has 0 aromatic heterocycles. The standard InChI is InChI=1S/C15H21ClN2O/c1-3-11(4-2)10-18-14(19)9-17-15(18)12-5-7-13(16)8-6-12/h5-8,11,15,17H,3-4,9-10H2,1-2H3. The molecule has 1 aliphatic heterocycles. The second-order valence-corrected chi connectivity index (χ2v) is 5.50. The van der Waals surface area contributed by atoms with Gasteiger partial charge in [0, 0.05) is 11.6 Å². The maximum atomic E-state index is 12.0. The lowest BCUT2D eigenvalue weighted by Crippen LogP contribution is -2.34. The van der Waals surface area contributed by atoms with Gasteiger partial charge in [-0.1, -0.05) is 50.4 Å². The molecule has 1 fully saturated rings. The minimum Gasteiger partial charge on any atom is -0.322 e. The first-order valence-corrected chi connectivity index (χ1v) is 7.31. The van der Waals surface area contributed by atoms with Crippen molar-refractivity contribution in [2.24, 2.45) is 5.92 Å². The van der Waals surface area contributed by atoms with E-state index in [1.54, 1.807) is 0 Å². The third kappa shape index (κ3) is 3.28. The molecule has 1 aromatic rings. The topological polar surface area (TPSA) is 32.3 Å². The zero-order chi connectivity index (χ0) is 13.8. The molecule has 1 saturated heterocycles. The van der Waals surface area contributed by atoms with Gasteiger partial charge in [-0.15, -0.1) is 0 Å². The van der Waals surface area contributed by atoms with Crippen LogP contribution in [0.25, 0.3) is 0 Å². The van der Waals surface area contributed by atoms with Crippen molar-refractivity contribution in [3.05, 3.63) is 34.9 Å². The Hall–Kier alpha value is -1.06. The van der Waals surface area contributed by atoms with E-state index in [4.69, 9.17) is 11.6 Å². The Bertz CT molecular complexity index is 428. The van der Waals surface area contributed by atoms with Gasteiger partial charge in [0.25, 0.3) is 0 Å². The summed E-state index contributed by atoms with van der Waals surface area (Å²) in [5.74, 6) is 0.755. The molecule has 2 rings (SSSR count). The fourth-order valence-electron chi connectivity index (χ4n) is 2.51. The maximum absolute atomic E-state index is 12.0. The number of hydrogen-bond acceptors (Lipinski definition) is 2. The Balaban J connectivity index is 2.14. The zero-order valence-electron chi connectivity index (χ0n) is 11.5. The predicted molar refractivity (Wildman–Crippen MR) is 78.0 cm³/mol. The van der Waals surface area contributed by atoms with Crippen molar-refractivity contribution >= 4 is 17.5 Å². The SMILES string of the molecule is CCC(CC)CN1C(=O)CNC1c1ccc(Cl)cc1. The van der Waals surface area contributed by atoms with E-state index in [9.17, 15) is 4.79 Å². The molecule has 19 heavy (non-hydrogen) atoms. The number of halogens is 1. The van der Waals surface area contributed by atoms with Gasteiger partial charge in [-0.05, 0) is 23.6 Å². The van der Waals surface area contributed by atoms with Crippen molar-refractivity contribution in [2.75, 3.05) is 13.1 Å². The van der Waals surface area contributed by atoms with Crippen LogP contribution in [0.4, 0.5) is 0 Å². The molecule has 4 heteroatoms. The van der Waals surface area contributed by atoms with Gasteiger partial charge >= 0.3 is 0 Å². The molecular formula is C15H21ClN2O. The average molecular weight is 281 g/mol. The van der Waals surface area contributed by atoms with Crippen molar-refractivity contribution in [1.29, 1.82) is 0 Å². The number of hydrogen-bond donors (Lipinski definition) is 1. The largest absolute Gasteiger partial charge is 0.322 e. The number of nitrogens with one attached hydrogen (secondary N) is 1. The Kier molecular flexibility index (Phi) is 4.83. The van der Waals surface area contributed by atoms with Crippen LogP contribution in [0.5, 0.6) is 0 Å². The van der Waals surface area contributed by atoms with Crippen LogP contribution in [0.1, 0.15) is 38.4 Å². The van der Waals surface area contributed by atoms with Crippen LogP contribution in [-0.4, -0.2) is 23.9 Å². The summed E-state index contributed by atoms with van der Waals surface area (Å²) in [7, 11) is 0. The van der Waals surface area contributed by atoms with E-state index in [-0.39, 0.29) is 12.1 Å². The van der Waals surface area contributed by atoms with Gasteiger partial charge in [0.2, 0.25) is 5.91 Å². The third-order valence-electron chi connectivity index (χ3n) is 3.87. The van der Waals surface area contributed by atoms with Crippen LogP contribution >= 0.6 is 11.6 Å². The minimum absolute atomic E-state index is 0.00892. The van der Waals surface area contributed by atoms with E-state index in [1.165, 1.54) is 0 Å². The van der Waals surface area contributed by atoms with Gasteiger partial charge in [-0.2, -0.15) is 0 Å². The fraction of sp³-hybridized carbons (Fsp3) is 0.533. The molecule has 0 bridgehead atoms. The summed E-state index contributed by atoms with van der Waals surface area (Å²) in [5, 5.41) is 4.00. The van der Waals surface area contributed by atoms with Crippen LogP contribution in [-0.2, 0) is 4.79 Å². The number of carbonyl (C=O) groups is 1. The number of amides is 1. The normalized spacial score (nSPS) is 19.5. The molecule has 1 amide bonds. The number of nitrogens with zero attached hydrogens (tertiary/aromatic N) is 1. The molecule has 1 atom stereocenters. The Morgan fingerprint density at radius 3 is 2.53 bits per heavy atom.